The zero-order chi connectivity index (χ0) is 16.3. The summed E-state index contributed by atoms with van der Waals surface area (Å²) in [6.07, 6.45) is 1.13. The maximum Gasteiger partial charge on any atom is 0.179 e. The Hall–Kier alpha value is -1.59. The van der Waals surface area contributed by atoms with Crippen LogP contribution in [0.1, 0.15) is 44.5 Å². The van der Waals surface area contributed by atoms with E-state index in [1.165, 1.54) is 0 Å². The third kappa shape index (κ3) is 3.78. The molecule has 0 aliphatic carbocycles. The van der Waals surface area contributed by atoms with E-state index in [1.807, 2.05) is 32.9 Å². The van der Waals surface area contributed by atoms with Crippen molar-refractivity contribution in [1.82, 2.24) is 5.32 Å². The third-order valence-corrected chi connectivity index (χ3v) is 3.93. The van der Waals surface area contributed by atoms with Gasteiger partial charge in [0.15, 0.2) is 5.78 Å². The second-order valence-electron chi connectivity index (χ2n) is 6.51. The zero-order valence-corrected chi connectivity index (χ0v) is 13.8. The SMILES string of the molecule is CCC1CNc2cc(C(=O)C(C)NC(C)(C)CO)ccc2O1. The summed E-state index contributed by atoms with van der Waals surface area (Å²) in [5.41, 5.74) is 1.02. The lowest BCUT2D eigenvalue weighted by molar-refractivity contribution is 0.0911. The minimum atomic E-state index is -0.487. The van der Waals surface area contributed by atoms with Crippen LogP contribution in [0.2, 0.25) is 0 Å². The summed E-state index contributed by atoms with van der Waals surface area (Å²) in [4.78, 5) is 12.5. The van der Waals surface area contributed by atoms with Gasteiger partial charge in [-0.3, -0.25) is 4.79 Å². The number of benzene rings is 1. The quantitative estimate of drug-likeness (QED) is 0.703. The molecule has 2 atom stereocenters. The predicted molar refractivity (Wildman–Crippen MR) is 87.7 cm³/mol. The average Bonchev–Trinajstić information content (AvgIpc) is 2.52. The molecular formula is C17H26N2O3. The van der Waals surface area contributed by atoms with Gasteiger partial charge in [-0.1, -0.05) is 6.92 Å². The lowest BCUT2D eigenvalue weighted by atomic mass is 10.00. The molecule has 22 heavy (non-hydrogen) atoms. The fourth-order valence-electron chi connectivity index (χ4n) is 2.54. The average molecular weight is 306 g/mol. The molecule has 0 spiro atoms. The van der Waals surface area contributed by atoms with E-state index < -0.39 is 5.54 Å². The van der Waals surface area contributed by atoms with Gasteiger partial charge in [0.1, 0.15) is 11.9 Å². The van der Waals surface area contributed by atoms with Gasteiger partial charge >= 0.3 is 0 Å². The van der Waals surface area contributed by atoms with Gasteiger partial charge in [-0.2, -0.15) is 0 Å². The van der Waals surface area contributed by atoms with E-state index in [0.29, 0.717) is 5.56 Å². The summed E-state index contributed by atoms with van der Waals surface area (Å²) >= 11 is 0. The molecule has 1 aromatic rings. The van der Waals surface area contributed by atoms with Crippen LogP contribution in [0.3, 0.4) is 0 Å². The number of aliphatic hydroxyl groups is 1. The van der Waals surface area contributed by atoms with Crippen molar-refractivity contribution in [3.63, 3.8) is 0 Å². The predicted octanol–water partition coefficient (Wildman–Crippen LogP) is 2.20. The molecule has 0 bridgehead atoms. The largest absolute Gasteiger partial charge is 0.486 e. The van der Waals surface area contributed by atoms with Gasteiger partial charge < -0.3 is 20.5 Å². The maximum atomic E-state index is 12.5. The van der Waals surface area contributed by atoms with Gasteiger partial charge in [-0.15, -0.1) is 0 Å². The van der Waals surface area contributed by atoms with Crippen molar-refractivity contribution >= 4 is 11.5 Å². The molecule has 0 radical (unpaired) electrons. The van der Waals surface area contributed by atoms with Gasteiger partial charge in [-0.25, -0.2) is 0 Å². The number of carbonyl (C=O) groups is 1. The van der Waals surface area contributed by atoms with Crippen LogP contribution in [0, 0.1) is 0 Å². The molecule has 5 nitrogen and oxygen atoms in total. The van der Waals surface area contributed by atoms with Crippen LogP contribution >= 0.6 is 0 Å². The van der Waals surface area contributed by atoms with Crippen molar-refractivity contribution in [3.8, 4) is 5.75 Å². The number of carbonyl (C=O) groups excluding carboxylic acids is 1. The van der Waals surface area contributed by atoms with Crippen molar-refractivity contribution < 1.29 is 14.6 Å². The van der Waals surface area contributed by atoms with Gasteiger partial charge in [0.25, 0.3) is 0 Å². The van der Waals surface area contributed by atoms with Crippen LogP contribution in [0.5, 0.6) is 5.75 Å². The number of nitrogens with one attached hydrogen (secondary N) is 2. The van der Waals surface area contributed by atoms with E-state index in [0.717, 1.165) is 24.4 Å². The highest BCUT2D eigenvalue weighted by Gasteiger charge is 2.25. The molecule has 0 fully saturated rings. The van der Waals surface area contributed by atoms with Crippen LogP contribution < -0.4 is 15.4 Å². The van der Waals surface area contributed by atoms with Crippen molar-refractivity contribution in [2.24, 2.45) is 0 Å². The van der Waals surface area contributed by atoms with Crippen molar-refractivity contribution in [2.75, 3.05) is 18.5 Å². The number of ketones is 1. The van der Waals surface area contributed by atoms with E-state index in [9.17, 15) is 9.90 Å². The molecule has 0 amide bonds. The smallest absolute Gasteiger partial charge is 0.179 e. The first-order valence-electron chi connectivity index (χ1n) is 7.83. The van der Waals surface area contributed by atoms with Gasteiger partial charge in [0, 0.05) is 11.1 Å². The molecule has 1 aromatic carbocycles. The molecule has 122 valence electrons. The first kappa shape index (κ1) is 16.8. The summed E-state index contributed by atoms with van der Waals surface area (Å²) in [5, 5.41) is 15.8. The monoisotopic (exact) mass is 306 g/mol. The minimum Gasteiger partial charge on any atom is -0.486 e. The van der Waals surface area contributed by atoms with Crippen LogP contribution in [0.15, 0.2) is 18.2 Å². The number of fused-ring (bicyclic) bond motifs is 1. The number of aliphatic hydroxyl groups excluding tert-OH is 1. The number of anilines is 1. The number of rotatable bonds is 6. The van der Waals surface area contributed by atoms with Gasteiger partial charge in [0.05, 0.1) is 24.9 Å². The molecule has 2 unspecified atom stereocenters. The van der Waals surface area contributed by atoms with Crippen LogP contribution in [0.4, 0.5) is 5.69 Å². The van der Waals surface area contributed by atoms with Crippen LogP contribution in [-0.4, -0.2) is 41.7 Å². The maximum absolute atomic E-state index is 12.5. The summed E-state index contributed by atoms with van der Waals surface area (Å²) in [5.74, 6) is 0.801. The highest BCUT2D eigenvalue weighted by atomic mass is 16.5. The fraction of sp³-hybridized carbons (Fsp3) is 0.588. The Kier molecular flexibility index (Phi) is 5.08. The Morgan fingerprint density at radius 3 is 2.91 bits per heavy atom. The molecule has 0 saturated carbocycles. The molecule has 0 aromatic heterocycles. The summed E-state index contributed by atoms with van der Waals surface area (Å²) in [6, 6.07) is 5.12. The highest BCUT2D eigenvalue weighted by molar-refractivity contribution is 6.01. The van der Waals surface area contributed by atoms with E-state index in [4.69, 9.17) is 4.74 Å². The van der Waals surface area contributed by atoms with Crippen LogP contribution in [-0.2, 0) is 0 Å². The molecule has 1 heterocycles. The highest BCUT2D eigenvalue weighted by Crippen LogP contribution is 2.31. The Labute approximate surface area is 132 Å². The summed E-state index contributed by atoms with van der Waals surface area (Å²) < 4.78 is 5.85. The lowest BCUT2D eigenvalue weighted by Gasteiger charge is -2.29. The topological polar surface area (TPSA) is 70.6 Å². The first-order chi connectivity index (χ1) is 10.4. The lowest BCUT2D eigenvalue weighted by Crippen LogP contribution is -2.50. The normalized spacial score (nSPS) is 18.9. The molecule has 5 heteroatoms. The number of hydrogen-bond acceptors (Lipinski definition) is 5. The second-order valence-corrected chi connectivity index (χ2v) is 6.51. The number of hydrogen-bond donors (Lipinski definition) is 3. The molecule has 1 aliphatic rings. The molecule has 0 saturated heterocycles. The Morgan fingerprint density at radius 1 is 1.55 bits per heavy atom. The Bertz CT molecular complexity index is 543. The summed E-state index contributed by atoms with van der Waals surface area (Å²) in [6.45, 7) is 8.37. The van der Waals surface area contributed by atoms with Gasteiger partial charge in [-0.05, 0) is 45.4 Å². The first-order valence-corrected chi connectivity index (χ1v) is 7.83. The van der Waals surface area contributed by atoms with E-state index in [2.05, 4.69) is 17.6 Å². The third-order valence-electron chi connectivity index (χ3n) is 3.93. The number of Topliss-reactive ketones (excluding diaryl/α,β-unsaturated/α-hetero) is 1. The molecular weight excluding hydrogens is 280 g/mol. The Morgan fingerprint density at radius 2 is 2.27 bits per heavy atom. The van der Waals surface area contributed by atoms with E-state index >= 15 is 0 Å². The van der Waals surface area contributed by atoms with Gasteiger partial charge in [0.2, 0.25) is 0 Å². The van der Waals surface area contributed by atoms with E-state index in [1.54, 1.807) is 6.07 Å². The van der Waals surface area contributed by atoms with Crippen molar-refractivity contribution in [2.45, 2.75) is 51.8 Å². The standard InChI is InChI=1S/C17H26N2O3/c1-5-13-9-18-14-8-12(6-7-15(14)22-13)16(21)11(2)19-17(3,4)10-20/h6-8,11,13,18-20H,5,9-10H2,1-4H3. The zero-order valence-electron chi connectivity index (χ0n) is 13.8. The van der Waals surface area contributed by atoms with Crippen LogP contribution in [0.25, 0.3) is 0 Å². The molecule has 2 rings (SSSR count). The minimum absolute atomic E-state index is 0.00346. The molecule has 1 aliphatic heterocycles. The summed E-state index contributed by atoms with van der Waals surface area (Å²) in [7, 11) is 0. The van der Waals surface area contributed by atoms with Crippen molar-refractivity contribution in [1.29, 1.82) is 0 Å². The van der Waals surface area contributed by atoms with E-state index in [-0.39, 0.29) is 24.5 Å². The Balaban J connectivity index is 2.11. The van der Waals surface area contributed by atoms with Crippen molar-refractivity contribution in [3.05, 3.63) is 23.8 Å². The fourth-order valence-corrected chi connectivity index (χ4v) is 2.54. The second kappa shape index (κ2) is 6.67. The number of ether oxygens (including phenoxy) is 1. The molecule has 3 N–H and O–H groups in total.